The SMILES string of the molecule is CCn1c(-c2ccc3nn(C)cc3c2)nc2c([C@@H](C)Nc3ccc(Cl)nc3C(=O)NSC)cc(C)cc2c1=O. The number of carbonyl (C=O) groups is 1. The predicted molar refractivity (Wildman–Crippen MR) is 158 cm³/mol. The van der Waals surface area contributed by atoms with E-state index in [2.05, 4.69) is 20.1 Å². The topological polar surface area (TPSA) is 107 Å². The van der Waals surface area contributed by atoms with E-state index in [-0.39, 0.29) is 28.4 Å². The molecule has 200 valence electrons. The number of aromatic nitrogens is 5. The molecule has 0 saturated heterocycles. The summed E-state index contributed by atoms with van der Waals surface area (Å²) in [7, 11) is 1.88. The number of halogens is 1. The van der Waals surface area contributed by atoms with Crippen LogP contribution in [-0.4, -0.2) is 36.5 Å². The highest BCUT2D eigenvalue weighted by Gasteiger charge is 2.21. The van der Waals surface area contributed by atoms with Crippen molar-refractivity contribution in [3.8, 4) is 11.4 Å². The standard InChI is InChI=1S/C28H28ClN7O2S/c1-6-36-26(17-7-8-21-18(13-17)14-35(4)33-21)32-24-19(11-15(2)12-20(24)28(36)38)16(3)30-22-9-10-23(29)31-25(22)27(37)34-39-5/h7-14,16,30H,6H2,1-5H3,(H,34,37)/t16-/m1/s1. The van der Waals surface area contributed by atoms with Crippen LogP contribution in [0.15, 0.2) is 53.5 Å². The summed E-state index contributed by atoms with van der Waals surface area (Å²) in [4.78, 5) is 35.7. The van der Waals surface area contributed by atoms with Gasteiger partial charge < -0.3 is 5.32 Å². The Kier molecular flexibility index (Phi) is 7.33. The second kappa shape index (κ2) is 10.7. The van der Waals surface area contributed by atoms with Crippen LogP contribution in [0, 0.1) is 6.92 Å². The summed E-state index contributed by atoms with van der Waals surface area (Å²) in [6.45, 7) is 6.34. The van der Waals surface area contributed by atoms with Gasteiger partial charge in [-0.1, -0.05) is 29.6 Å². The van der Waals surface area contributed by atoms with Crippen molar-refractivity contribution < 1.29 is 4.79 Å². The molecule has 0 spiro atoms. The largest absolute Gasteiger partial charge is 0.377 e. The Morgan fingerprint density at radius 2 is 1.95 bits per heavy atom. The third kappa shape index (κ3) is 5.09. The van der Waals surface area contributed by atoms with Crippen molar-refractivity contribution in [3.63, 3.8) is 0 Å². The van der Waals surface area contributed by atoms with Crippen molar-refractivity contribution in [2.24, 2.45) is 7.05 Å². The number of hydrogen-bond acceptors (Lipinski definition) is 7. The summed E-state index contributed by atoms with van der Waals surface area (Å²) in [5.41, 5.74) is 4.69. The fourth-order valence-corrected chi connectivity index (χ4v) is 5.24. The molecule has 0 aliphatic rings. The number of nitrogens with zero attached hydrogens (tertiary/aromatic N) is 5. The highest BCUT2D eigenvalue weighted by molar-refractivity contribution is 7.97. The first-order valence-corrected chi connectivity index (χ1v) is 14.1. The molecule has 0 radical (unpaired) electrons. The molecule has 0 aliphatic heterocycles. The molecule has 0 bridgehead atoms. The molecule has 1 atom stereocenters. The maximum Gasteiger partial charge on any atom is 0.281 e. The zero-order valence-corrected chi connectivity index (χ0v) is 23.8. The minimum Gasteiger partial charge on any atom is -0.377 e. The normalized spacial score (nSPS) is 12.2. The van der Waals surface area contributed by atoms with E-state index in [1.165, 1.54) is 11.9 Å². The number of rotatable bonds is 7. The van der Waals surface area contributed by atoms with E-state index < -0.39 is 0 Å². The first kappa shape index (κ1) is 26.7. The molecule has 2 N–H and O–H groups in total. The van der Waals surface area contributed by atoms with Crippen LogP contribution in [0.1, 0.15) is 41.5 Å². The van der Waals surface area contributed by atoms with E-state index in [0.717, 1.165) is 27.6 Å². The van der Waals surface area contributed by atoms with Gasteiger partial charge in [-0.2, -0.15) is 5.10 Å². The number of anilines is 1. The molecular formula is C28H28ClN7O2S. The van der Waals surface area contributed by atoms with Gasteiger partial charge in [-0.05, 0) is 62.7 Å². The quantitative estimate of drug-likeness (QED) is 0.199. The second-order valence-electron chi connectivity index (χ2n) is 9.34. The van der Waals surface area contributed by atoms with Crippen LogP contribution in [-0.2, 0) is 13.6 Å². The molecule has 3 aromatic heterocycles. The van der Waals surface area contributed by atoms with Gasteiger partial charge in [0.1, 0.15) is 11.0 Å². The third-order valence-electron chi connectivity index (χ3n) is 6.54. The van der Waals surface area contributed by atoms with Crippen LogP contribution >= 0.6 is 23.5 Å². The van der Waals surface area contributed by atoms with Gasteiger partial charge in [-0.15, -0.1) is 0 Å². The fourth-order valence-electron chi connectivity index (χ4n) is 4.81. The van der Waals surface area contributed by atoms with Gasteiger partial charge in [0, 0.05) is 42.6 Å². The highest BCUT2D eigenvalue weighted by atomic mass is 35.5. The van der Waals surface area contributed by atoms with E-state index in [9.17, 15) is 9.59 Å². The average molecular weight is 562 g/mol. The molecule has 0 saturated carbocycles. The first-order chi connectivity index (χ1) is 18.7. The second-order valence-corrected chi connectivity index (χ2v) is 10.3. The molecule has 2 aromatic carbocycles. The van der Waals surface area contributed by atoms with Crippen LogP contribution in [0.25, 0.3) is 33.2 Å². The Morgan fingerprint density at radius 1 is 1.15 bits per heavy atom. The van der Waals surface area contributed by atoms with Gasteiger partial charge >= 0.3 is 0 Å². The summed E-state index contributed by atoms with van der Waals surface area (Å²) >= 11 is 7.28. The fraction of sp³-hybridized carbons (Fsp3) is 0.250. The number of carbonyl (C=O) groups excluding carboxylic acids is 1. The molecule has 3 heterocycles. The Bertz CT molecular complexity index is 1800. The molecule has 39 heavy (non-hydrogen) atoms. The molecule has 5 aromatic rings. The number of nitrogens with one attached hydrogen (secondary N) is 2. The molecule has 1 amide bonds. The van der Waals surface area contributed by atoms with E-state index in [0.29, 0.717) is 29.0 Å². The number of hydrogen-bond donors (Lipinski definition) is 2. The van der Waals surface area contributed by atoms with Crippen LogP contribution in [0.4, 0.5) is 5.69 Å². The Hall–Kier alpha value is -3.89. The zero-order chi connectivity index (χ0) is 27.8. The molecule has 11 heteroatoms. The minimum atomic E-state index is -0.356. The Morgan fingerprint density at radius 3 is 2.69 bits per heavy atom. The number of pyridine rings is 1. The van der Waals surface area contributed by atoms with Gasteiger partial charge in [0.25, 0.3) is 11.5 Å². The van der Waals surface area contributed by atoms with Crippen molar-refractivity contribution in [1.82, 2.24) is 29.0 Å². The van der Waals surface area contributed by atoms with Gasteiger partial charge in [0.05, 0.1) is 28.1 Å². The maximum absolute atomic E-state index is 13.8. The van der Waals surface area contributed by atoms with Gasteiger partial charge in [0.2, 0.25) is 0 Å². The lowest BCUT2D eigenvalue weighted by molar-refractivity contribution is 0.0980. The summed E-state index contributed by atoms with van der Waals surface area (Å²) in [6, 6.07) is 12.8. The molecule has 0 unspecified atom stereocenters. The van der Waals surface area contributed by atoms with E-state index in [4.69, 9.17) is 16.6 Å². The lowest BCUT2D eigenvalue weighted by Gasteiger charge is -2.21. The Labute approximate surface area is 234 Å². The summed E-state index contributed by atoms with van der Waals surface area (Å²) in [5.74, 6) is 0.233. The lowest BCUT2D eigenvalue weighted by Crippen LogP contribution is -2.24. The molecule has 0 aliphatic carbocycles. The molecule has 9 nitrogen and oxygen atoms in total. The average Bonchev–Trinajstić information content (AvgIpc) is 3.28. The molecular weight excluding hydrogens is 534 g/mol. The zero-order valence-electron chi connectivity index (χ0n) is 22.2. The van der Waals surface area contributed by atoms with Crippen molar-refractivity contribution in [2.45, 2.75) is 33.4 Å². The molecule has 5 rings (SSSR count). The maximum atomic E-state index is 13.8. The predicted octanol–water partition coefficient (Wildman–Crippen LogP) is 5.51. The van der Waals surface area contributed by atoms with Crippen molar-refractivity contribution >= 4 is 56.9 Å². The van der Waals surface area contributed by atoms with Gasteiger partial charge in [0.15, 0.2) is 5.69 Å². The number of amides is 1. The van der Waals surface area contributed by atoms with Crippen molar-refractivity contribution in [1.29, 1.82) is 0 Å². The monoisotopic (exact) mass is 561 g/mol. The summed E-state index contributed by atoms with van der Waals surface area (Å²) in [5, 5.41) is 9.59. The summed E-state index contributed by atoms with van der Waals surface area (Å²) < 4.78 is 6.17. The highest BCUT2D eigenvalue weighted by Crippen LogP contribution is 2.30. The van der Waals surface area contributed by atoms with E-state index in [1.54, 1.807) is 27.6 Å². The van der Waals surface area contributed by atoms with Crippen molar-refractivity contribution in [2.75, 3.05) is 11.6 Å². The molecule has 0 fully saturated rings. The number of aryl methyl sites for hydroxylation is 2. The van der Waals surface area contributed by atoms with Crippen LogP contribution in [0.2, 0.25) is 5.15 Å². The number of benzene rings is 2. The first-order valence-electron chi connectivity index (χ1n) is 12.5. The minimum absolute atomic E-state index is 0.103. The Balaban J connectivity index is 1.66. The smallest absolute Gasteiger partial charge is 0.281 e. The van der Waals surface area contributed by atoms with Crippen LogP contribution < -0.4 is 15.6 Å². The van der Waals surface area contributed by atoms with E-state index >= 15 is 0 Å². The van der Waals surface area contributed by atoms with Crippen molar-refractivity contribution in [3.05, 3.63) is 81.0 Å². The van der Waals surface area contributed by atoms with Crippen LogP contribution in [0.5, 0.6) is 0 Å². The van der Waals surface area contributed by atoms with Crippen LogP contribution in [0.3, 0.4) is 0 Å². The summed E-state index contributed by atoms with van der Waals surface area (Å²) in [6.07, 6.45) is 3.70. The van der Waals surface area contributed by atoms with E-state index in [1.807, 2.05) is 64.3 Å². The number of fused-ring (bicyclic) bond motifs is 2. The lowest BCUT2D eigenvalue weighted by atomic mass is 10.0. The third-order valence-corrected chi connectivity index (χ3v) is 7.14. The van der Waals surface area contributed by atoms with Gasteiger partial charge in [-0.3, -0.25) is 23.6 Å². The van der Waals surface area contributed by atoms with Gasteiger partial charge in [-0.25, -0.2) is 9.97 Å².